The third-order valence-electron chi connectivity index (χ3n) is 3.62. The standard InChI is InChI=1S/C12H14N2O2S2/c1-3-12(2)4-7-6(5-16-12)8-9(15)13-11(17)14-10(8)18-7/h3-5H2,1-2H3,(H2,13,14,15,17). The fourth-order valence-electron chi connectivity index (χ4n) is 2.30. The molecule has 1 aliphatic rings. The largest absolute Gasteiger partial charge is 0.370 e. The van der Waals surface area contributed by atoms with Gasteiger partial charge in [0.1, 0.15) is 4.83 Å². The Bertz CT molecular complexity index is 728. The van der Waals surface area contributed by atoms with Crippen LogP contribution in [-0.2, 0) is 17.8 Å². The Balaban J connectivity index is 2.25. The summed E-state index contributed by atoms with van der Waals surface area (Å²) >= 11 is 6.62. The highest BCUT2D eigenvalue weighted by Gasteiger charge is 2.32. The summed E-state index contributed by atoms with van der Waals surface area (Å²) in [5.74, 6) is 0. The molecule has 1 atom stereocenters. The normalized spacial score (nSPS) is 23.2. The van der Waals surface area contributed by atoms with E-state index in [1.807, 2.05) is 0 Å². The molecule has 3 rings (SSSR count). The molecule has 0 aliphatic carbocycles. The number of thiophene rings is 1. The predicted molar refractivity (Wildman–Crippen MR) is 74.8 cm³/mol. The molecule has 1 unspecified atom stereocenters. The van der Waals surface area contributed by atoms with Gasteiger partial charge in [-0.2, -0.15) is 0 Å². The highest BCUT2D eigenvalue weighted by atomic mass is 32.1. The Kier molecular flexibility index (Phi) is 2.69. The zero-order valence-electron chi connectivity index (χ0n) is 10.3. The van der Waals surface area contributed by atoms with Crippen molar-refractivity contribution in [2.24, 2.45) is 0 Å². The summed E-state index contributed by atoms with van der Waals surface area (Å²) in [6.45, 7) is 4.75. The first-order valence-electron chi connectivity index (χ1n) is 5.93. The van der Waals surface area contributed by atoms with Gasteiger partial charge in [0, 0.05) is 16.9 Å². The van der Waals surface area contributed by atoms with Gasteiger partial charge in [-0.25, -0.2) is 0 Å². The lowest BCUT2D eigenvalue weighted by molar-refractivity contribution is -0.0546. The first-order valence-corrected chi connectivity index (χ1v) is 7.16. The lowest BCUT2D eigenvalue weighted by atomic mass is 9.93. The van der Waals surface area contributed by atoms with Gasteiger partial charge in [0.2, 0.25) is 0 Å². The van der Waals surface area contributed by atoms with Crippen LogP contribution in [0.2, 0.25) is 0 Å². The number of rotatable bonds is 1. The molecule has 0 amide bonds. The van der Waals surface area contributed by atoms with Gasteiger partial charge in [0.25, 0.3) is 5.56 Å². The first-order chi connectivity index (χ1) is 8.52. The van der Waals surface area contributed by atoms with Crippen LogP contribution in [0.3, 0.4) is 0 Å². The molecular formula is C12H14N2O2S2. The fraction of sp³-hybridized carbons (Fsp3) is 0.500. The summed E-state index contributed by atoms with van der Waals surface area (Å²) in [6.07, 6.45) is 1.82. The molecule has 1 aliphatic heterocycles. The van der Waals surface area contributed by atoms with Gasteiger partial charge in [-0.05, 0) is 25.6 Å². The number of aromatic amines is 2. The van der Waals surface area contributed by atoms with Gasteiger partial charge in [-0.1, -0.05) is 6.92 Å². The number of aromatic nitrogens is 2. The minimum Gasteiger partial charge on any atom is -0.370 e. The van der Waals surface area contributed by atoms with E-state index in [0.29, 0.717) is 16.8 Å². The zero-order chi connectivity index (χ0) is 12.9. The lowest BCUT2D eigenvalue weighted by Gasteiger charge is -2.32. The molecule has 2 aromatic heterocycles. The van der Waals surface area contributed by atoms with Gasteiger partial charge < -0.3 is 9.72 Å². The monoisotopic (exact) mass is 282 g/mol. The van der Waals surface area contributed by atoms with Crippen LogP contribution in [0.5, 0.6) is 0 Å². The average Bonchev–Trinajstić information content (AvgIpc) is 2.65. The van der Waals surface area contributed by atoms with Gasteiger partial charge in [0.15, 0.2) is 4.77 Å². The van der Waals surface area contributed by atoms with E-state index >= 15 is 0 Å². The second-order valence-corrected chi connectivity index (χ2v) is 6.40. The van der Waals surface area contributed by atoms with Crippen molar-refractivity contribution in [3.05, 3.63) is 25.6 Å². The van der Waals surface area contributed by atoms with Crippen molar-refractivity contribution in [2.45, 2.75) is 38.9 Å². The number of H-pyrrole nitrogens is 2. The van der Waals surface area contributed by atoms with Gasteiger partial charge >= 0.3 is 0 Å². The maximum atomic E-state index is 12.0. The van der Waals surface area contributed by atoms with Crippen LogP contribution in [-0.4, -0.2) is 15.6 Å². The molecule has 0 bridgehead atoms. The van der Waals surface area contributed by atoms with Crippen molar-refractivity contribution in [1.29, 1.82) is 0 Å². The summed E-state index contributed by atoms with van der Waals surface area (Å²) in [5.41, 5.74) is 0.792. The summed E-state index contributed by atoms with van der Waals surface area (Å²) in [7, 11) is 0. The molecule has 0 aromatic carbocycles. The Morgan fingerprint density at radius 1 is 1.50 bits per heavy atom. The molecule has 2 aromatic rings. The van der Waals surface area contributed by atoms with Crippen LogP contribution in [0.15, 0.2) is 4.79 Å². The summed E-state index contributed by atoms with van der Waals surface area (Å²) in [6, 6.07) is 0. The van der Waals surface area contributed by atoms with Crippen LogP contribution < -0.4 is 5.56 Å². The van der Waals surface area contributed by atoms with E-state index in [1.54, 1.807) is 11.3 Å². The van der Waals surface area contributed by atoms with Crippen molar-refractivity contribution < 1.29 is 4.74 Å². The van der Waals surface area contributed by atoms with Crippen molar-refractivity contribution in [3.63, 3.8) is 0 Å². The molecule has 2 N–H and O–H groups in total. The summed E-state index contributed by atoms with van der Waals surface area (Å²) in [4.78, 5) is 19.8. The molecule has 0 radical (unpaired) electrons. The topological polar surface area (TPSA) is 57.9 Å². The second-order valence-electron chi connectivity index (χ2n) is 4.89. The SMILES string of the molecule is CCC1(C)Cc2sc3[nH]c(=S)[nH]c(=O)c3c2CO1. The van der Waals surface area contributed by atoms with E-state index in [4.69, 9.17) is 17.0 Å². The van der Waals surface area contributed by atoms with Crippen LogP contribution in [0.4, 0.5) is 0 Å². The third-order valence-corrected chi connectivity index (χ3v) is 4.97. The number of hydrogen-bond acceptors (Lipinski definition) is 4. The lowest BCUT2D eigenvalue weighted by Crippen LogP contribution is -2.34. The van der Waals surface area contributed by atoms with E-state index in [0.717, 1.165) is 23.2 Å². The van der Waals surface area contributed by atoms with Crippen LogP contribution in [0.25, 0.3) is 10.2 Å². The van der Waals surface area contributed by atoms with Crippen LogP contribution >= 0.6 is 23.6 Å². The molecule has 0 fully saturated rings. The molecule has 4 nitrogen and oxygen atoms in total. The maximum absolute atomic E-state index is 12.0. The zero-order valence-corrected chi connectivity index (χ0v) is 11.9. The number of ether oxygens (including phenoxy) is 1. The molecule has 6 heteroatoms. The number of hydrogen-bond donors (Lipinski definition) is 2. The van der Waals surface area contributed by atoms with Crippen LogP contribution in [0, 0.1) is 4.77 Å². The van der Waals surface area contributed by atoms with Crippen LogP contribution in [0.1, 0.15) is 30.7 Å². The molecule has 0 spiro atoms. The molecule has 0 saturated carbocycles. The number of fused-ring (bicyclic) bond motifs is 3. The predicted octanol–water partition coefficient (Wildman–Crippen LogP) is 2.89. The van der Waals surface area contributed by atoms with Gasteiger partial charge in [-0.15, -0.1) is 11.3 Å². The summed E-state index contributed by atoms with van der Waals surface area (Å²) in [5, 5.41) is 0.710. The molecule has 0 saturated heterocycles. The average molecular weight is 282 g/mol. The minimum absolute atomic E-state index is 0.114. The van der Waals surface area contributed by atoms with E-state index in [-0.39, 0.29) is 11.2 Å². The smallest absolute Gasteiger partial charge is 0.260 e. The maximum Gasteiger partial charge on any atom is 0.260 e. The Labute approximate surface area is 113 Å². The van der Waals surface area contributed by atoms with Gasteiger partial charge in [-0.3, -0.25) is 9.78 Å². The van der Waals surface area contributed by atoms with E-state index in [2.05, 4.69) is 23.8 Å². The molecular weight excluding hydrogens is 268 g/mol. The van der Waals surface area contributed by atoms with Crippen molar-refractivity contribution in [3.8, 4) is 0 Å². The molecule has 18 heavy (non-hydrogen) atoms. The van der Waals surface area contributed by atoms with Crippen molar-refractivity contribution >= 4 is 33.8 Å². The number of nitrogens with one attached hydrogen (secondary N) is 2. The quantitative estimate of drug-likeness (QED) is 0.791. The van der Waals surface area contributed by atoms with Crippen molar-refractivity contribution in [2.75, 3.05) is 0 Å². The Hall–Kier alpha value is -0.980. The Morgan fingerprint density at radius 2 is 2.28 bits per heavy atom. The van der Waals surface area contributed by atoms with E-state index < -0.39 is 0 Å². The summed E-state index contributed by atoms with van der Waals surface area (Å²) < 4.78 is 6.29. The Morgan fingerprint density at radius 3 is 3.00 bits per heavy atom. The third kappa shape index (κ3) is 1.75. The highest BCUT2D eigenvalue weighted by Crippen LogP contribution is 2.37. The second kappa shape index (κ2) is 4.01. The molecule has 3 heterocycles. The van der Waals surface area contributed by atoms with Gasteiger partial charge in [0.05, 0.1) is 17.6 Å². The van der Waals surface area contributed by atoms with Crippen molar-refractivity contribution in [1.82, 2.24) is 9.97 Å². The highest BCUT2D eigenvalue weighted by molar-refractivity contribution is 7.71. The minimum atomic E-state index is -0.116. The van der Waals surface area contributed by atoms with E-state index in [9.17, 15) is 4.79 Å². The first kappa shape index (κ1) is 12.1. The fourth-order valence-corrected chi connectivity index (χ4v) is 3.94. The molecule has 96 valence electrons. The van der Waals surface area contributed by atoms with E-state index in [1.165, 1.54) is 4.88 Å².